The van der Waals surface area contributed by atoms with Crippen molar-refractivity contribution < 1.29 is 9.18 Å². The number of benzene rings is 1. The lowest BCUT2D eigenvalue weighted by Crippen LogP contribution is -2.38. The van der Waals surface area contributed by atoms with Crippen LogP contribution in [-0.4, -0.2) is 21.9 Å². The fourth-order valence-corrected chi connectivity index (χ4v) is 3.44. The molecule has 3 rings (SSSR count). The molecule has 28 heavy (non-hydrogen) atoms. The SMILES string of the molecule is Cc1cc2c(-c3ccc(NC(=O)[C@H](N)CC(C)(C)C)c(F)c3C)ccnc2[nH]1. The minimum Gasteiger partial charge on any atom is -0.344 e. The number of nitrogens with one attached hydrogen (secondary N) is 2. The van der Waals surface area contributed by atoms with Gasteiger partial charge in [-0.1, -0.05) is 26.8 Å². The van der Waals surface area contributed by atoms with E-state index in [1.165, 1.54) is 0 Å². The van der Waals surface area contributed by atoms with Gasteiger partial charge in [-0.3, -0.25) is 4.79 Å². The number of carbonyl (C=O) groups is 1. The molecule has 4 N–H and O–H groups in total. The Morgan fingerprint density at radius 3 is 2.64 bits per heavy atom. The summed E-state index contributed by atoms with van der Waals surface area (Å²) in [7, 11) is 0. The monoisotopic (exact) mass is 382 g/mol. The molecule has 2 aromatic heterocycles. The first-order valence-electron chi connectivity index (χ1n) is 9.37. The van der Waals surface area contributed by atoms with Crippen LogP contribution in [0.3, 0.4) is 0 Å². The summed E-state index contributed by atoms with van der Waals surface area (Å²) in [5.41, 5.74) is 9.92. The Morgan fingerprint density at radius 1 is 1.25 bits per heavy atom. The number of hydrogen-bond donors (Lipinski definition) is 3. The molecule has 0 saturated heterocycles. The second-order valence-electron chi connectivity index (χ2n) is 8.53. The zero-order valence-electron chi connectivity index (χ0n) is 17.0. The maximum absolute atomic E-state index is 15.0. The van der Waals surface area contributed by atoms with Crippen LogP contribution < -0.4 is 11.1 Å². The van der Waals surface area contributed by atoms with E-state index in [1.54, 1.807) is 19.2 Å². The molecule has 1 amide bonds. The number of halogens is 1. The zero-order valence-corrected chi connectivity index (χ0v) is 17.0. The van der Waals surface area contributed by atoms with E-state index in [0.717, 1.165) is 27.9 Å². The predicted molar refractivity (Wildman–Crippen MR) is 112 cm³/mol. The van der Waals surface area contributed by atoms with Gasteiger partial charge in [-0.15, -0.1) is 0 Å². The van der Waals surface area contributed by atoms with Crippen LogP contribution in [0.1, 0.15) is 38.4 Å². The number of carbonyl (C=O) groups excluding carboxylic acids is 1. The Balaban J connectivity index is 1.92. The maximum atomic E-state index is 15.0. The first kappa shape index (κ1) is 20.0. The largest absolute Gasteiger partial charge is 0.344 e. The number of anilines is 1. The van der Waals surface area contributed by atoms with Crippen LogP contribution in [0.5, 0.6) is 0 Å². The van der Waals surface area contributed by atoms with Gasteiger partial charge in [0.1, 0.15) is 11.5 Å². The molecule has 0 bridgehead atoms. The number of pyridine rings is 1. The van der Waals surface area contributed by atoms with Crippen molar-refractivity contribution in [2.75, 3.05) is 5.32 Å². The number of amides is 1. The van der Waals surface area contributed by atoms with Crippen LogP contribution in [0, 0.1) is 25.1 Å². The van der Waals surface area contributed by atoms with Crippen molar-refractivity contribution in [1.29, 1.82) is 0 Å². The van der Waals surface area contributed by atoms with E-state index in [1.807, 2.05) is 45.9 Å². The molecule has 0 aliphatic rings. The Morgan fingerprint density at radius 2 is 1.96 bits per heavy atom. The van der Waals surface area contributed by atoms with E-state index in [0.29, 0.717) is 12.0 Å². The fourth-order valence-electron chi connectivity index (χ4n) is 3.44. The molecule has 2 heterocycles. The molecule has 0 radical (unpaired) electrons. The molecular formula is C22H27FN4O. The molecule has 1 atom stereocenters. The fraction of sp³-hybridized carbons (Fsp3) is 0.364. The van der Waals surface area contributed by atoms with Gasteiger partial charge >= 0.3 is 0 Å². The molecule has 1 aromatic carbocycles. The van der Waals surface area contributed by atoms with E-state index in [4.69, 9.17) is 5.73 Å². The highest BCUT2D eigenvalue weighted by atomic mass is 19.1. The molecule has 0 fully saturated rings. The highest BCUT2D eigenvalue weighted by Crippen LogP contribution is 2.34. The summed E-state index contributed by atoms with van der Waals surface area (Å²) in [5, 5.41) is 3.57. The summed E-state index contributed by atoms with van der Waals surface area (Å²) in [6, 6.07) is 6.58. The van der Waals surface area contributed by atoms with Crippen molar-refractivity contribution in [3.05, 3.63) is 47.5 Å². The van der Waals surface area contributed by atoms with Gasteiger partial charge in [-0.2, -0.15) is 0 Å². The van der Waals surface area contributed by atoms with Crippen LogP contribution in [0.2, 0.25) is 0 Å². The standard InChI is InChI=1S/C22H27FN4O/c1-12-10-16-15(8-9-25-20(16)26-12)14-6-7-18(19(23)13(14)2)27-21(28)17(24)11-22(3,4)5/h6-10,17H,11,24H2,1-5H3,(H,25,26)(H,27,28)/t17-/m1/s1. The maximum Gasteiger partial charge on any atom is 0.241 e. The number of aromatic amines is 1. The van der Waals surface area contributed by atoms with Gasteiger partial charge in [0, 0.05) is 17.3 Å². The number of H-pyrrole nitrogens is 1. The second kappa shape index (κ2) is 7.36. The lowest BCUT2D eigenvalue weighted by molar-refractivity contribution is -0.118. The summed E-state index contributed by atoms with van der Waals surface area (Å²) in [5.74, 6) is -0.834. The van der Waals surface area contributed by atoms with Gasteiger partial charge in [-0.25, -0.2) is 9.37 Å². The summed E-state index contributed by atoms with van der Waals surface area (Å²) >= 11 is 0. The average molecular weight is 382 g/mol. The molecule has 0 aliphatic carbocycles. The highest BCUT2D eigenvalue weighted by Gasteiger charge is 2.23. The van der Waals surface area contributed by atoms with Gasteiger partial charge in [0.05, 0.1) is 11.7 Å². The average Bonchev–Trinajstić information content (AvgIpc) is 2.98. The minimum absolute atomic E-state index is 0.0868. The van der Waals surface area contributed by atoms with Crippen molar-refractivity contribution in [2.45, 2.75) is 47.1 Å². The normalized spacial score (nSPS) is 13.0. The van der Waals surface area contributed by atoms with Crippen molar-refractivity contribution in [3.8, 4) is 11.1 Å². The Hall–Kier alpha value is -2.73. The van der Waals surface area contributed by atoms with Gasteiger partial charge in [0.2, 0.25) is 5.91 Å². The first-order valence-corrected chi connectivity index (χ1v) is 9.37. The van der Waals surface area contributed by atoms with Crippen LogP contribution in [-0.2, 0) is 4.79 Å². The van der Waals surface area contributed by atoms with Gasteiger partial charge < -0.3 is 16.0 Å². The van der Waals surface area contributed by atoms with Crippen LogP contribution in [0.25, 0.3) is 22.2 Å². The van der Waals surface area contributed by atoms with Crippen molar-refractivity contribution in [1.82, 2.24) is 9.97 Å². The Kier molecular flexibility index (Phi) is 5.26. The number of nitrogens with two attached hydrogens (primary N) is 1. The summed E-state index contributed by atoms with van der Waals surface area (Å²) in [4.78, 5) is 19.9. The third-order valence-electron chi connectivity index (χ3n) is 4.77. The lowest BCUT2D eigenvalue weighted by atomic mass is 9.88. The quantitative estimate of drug-likeness (QED) is 0.612. The van der Waals surface area contributed by atoms with Gasteiger partial charge in [-0.05, 0) is 60.6 Å². The third kappa shape index (κ3) is 4.07. The molecule has 0 unspecified atom stereocenters. The number of hydrogen-bond acceptors (Lipinski definition) is 3. The number of fused-ring (bicyclic) bond motifs is 1. The number of rotatable bonds is 4. The molecule has 148 valence electrons. The van der Waals surface area contributed by atoms with E-state index in [2.05, 4.69) is 15.3 Å². The summed E-state index contributed by atoms with van der Waals surface area (Å²) in [6.07, 6.45) is 2.21. The van der Waals surface area contributed by atoms with Crippen molar-refractivity contribution >= 4 is 22.6 Å². The summed E-state index contributed by atoms with van der Waals surface area (Å²) in [6.45, 7) is 9.70. The van der Waals surface area contributed by atoms with Crippen LogP contribution in [0.4, 0.5) is 10.1 Å². The third-order valence-corrected chi connectivity index (χ3v) is 4.77. The highest BCUT2D eigenvalue weighted by molar-refractivity contribution is 5.97. The van der Waals surface area contributed by atoms with Crippen molar-refractivity contribution in [3.63, 3.8) is 0 Å². The topological polar surface area (TPSA) is 83.8 Å². The molecule has 3 aromatic rings. The van der Waals surface area contributed by atoms with E-state index < -0.39 is 11.9 Å². The van der Waals surface area contributed by atoms with Crippen molar-refractivity contribution in [2.24, 2.45) is 11.1 Å². The molecule has 0 saturated carbocycles. The van der Waals surface area contributed by atoms with E-state index in [9.17, 15) is 4.79 Å². The first-order chi connectivity index (χ1) is 13.1. The smallest absolute Gasteiger partial charge is 0.241 e. The number of aryl methyl sites for hydroxylation is 1. The predicted octanol–water partition coefficient (Wildman–Crippen LogP) is 4.69. The van der Waals surface area contributed by atoms with Gasteiger partial charge in [0.15, 0.2) is 0 Å². The molecular weight excluding hydrogens is 355 g/mol. The number of aromatic nitrogens is 2. The molecule has 0 spiro atoms. The second-order valence-corrected chi connectivity index (χ2v) is 8.53. The molecule has 5 nitrogen and oxygen atoms in total. The molecule has 6 heteroatoms. The van der Waals surface area contributed by atoms with Gasteiger partial charge in [0.25, 0.3) is 0 Å². The van der Waals surface area contributed by atoms with Crippen LogP contribution >= 0.6 is 0 Å². The zero-order chi connectivity index (χ0) is 20.6. The Labute approximate surface area is 164 Å². The minimum atomic E-state index is -0.693. The summed E-state index contributed by atoms with van der Waals surface area (Å²) < 4.78 is 15.0. The van der Waals surface area contributed by atoms with E-state index in [-0.39, 0.29) is 17.0 Å². The lowest BCUT2D eigenvalue weighted by Gasteiger charge is -2.22. The number of nitrogens with zero attached hydrogens (tertiary/aromatic N) is 1. The van der Waals surface area contributed by atoms with Crippen LogP contribution in [0.15, 0.2) is 30.5 Å². The van der Waals surface area contributed by atoms with E-state index >= 15 is 4.39 Å². The Bertz CT molecular complexity index is 1030. The molecule has 0 aliphatic heterocycles.